The normalized spacial score (nSPS) is 12.8. The van der Waals surface area contributed by atoms with Crippen molar-refractivity contribution in [2.45, 2.75) is 302 Å². The molecule has 0 fully saturated rings. The van der Waals surface area contributed by atoms with E-state index >= 15 is 0 Å². The summed E-state index contributed by atoms with van der Waals surface area (Å²) in [5.74, 6) is -0.0668. The van der Waals surface area contributed by atoms with Crippen molar-refractivity contribution in [3.05, 3.63) is 24.3 Å². The lowest BCUT2D eigenvalue weighted by Crippen LogP contribution is -2.45. The van der Waals surface area contributed by atoms with Crippen LogP contribution in [0.1, 0.15) is 290 Å². The van der Waals surface area contributed by atoms with Gasteiger partial charge in [-0.3, -0.25) is 9.59 Å². The van der Waals surface area contributed by atoms with Gasteiger partial charge in [-0.15, -0.1) is 0 Å². The van der Waals surface area contributed by atoms with Gasteiger partial charge in [-0.1, -0.05) is 244 Å². The van der Waals surface area contributed by atoms with Crippen molar-refractivity contribution >= 4 is 11.9 Å². The number of unbranched alkanes of at least 4 members (excludes halogenated alkanes) is 37. The van der Waals surface area contributed by atoms with E-state index in [9.17, 15) is 19.8 Å². The second kappa shape index (κ2) is 51.0. The van der Waals surface area contributed by atoms with Crippen LogP contribution >= 0.6 is 0 Å². The first kappa shape index (κ1) is 59.3. The van der Waals surface area contributed by atoms with Crippen molar-refractivity contribution in [1.29, 1.82) is 0 Å². The highest BCUT2D eigenvalue weighted by molar-refractivity contribution is 5.76. The molecule has 0 aliphatic carbocycles. The van der Waals surface area contributed by atoms with E-state index in [1.807, 2.05) is 6.08 Å². The van der Waals surface area contributed by atoms with Crippen LogP contribution in [0.15, 0.2) is 24.3 Å². The first-order valence-electron chi connectivity index (χ1n) is 27.1. The second-order valence-corrected chi connectivity index (χ2v) is 18.6. The van der Waals surface area contributed by atoms with E-state index < -0.39 is 12.1 Å². The molecular weight excluding hydrogens is 755 g/mol. The van der Waals surface area contributed by atoms with Crippen LogP contribution in [0.3, 0.4) is 0 Å². The number of hydrogen-bond acceptors (Lipinski definition) is 5. The molecule has 0 aromatic heterocycles. The quantitative estimate of drug-likeness (QED) is 0.0322. The fourth-order valence-corrected chi connectivity index (χ4v) is 8.27. The van der Waals surface area contributed by atoms with Crippen LogP contribution < -0.4 is 5.32 Å². The van der Waals surface area contributed by atoms with Crippen molar-refractivity contribution in [1.82, 2.24) is 5.32 Å². The minimum Gasteiger partial charge on any atom is -0.466 e. The number of aliphatic hydroxyl groups excluding tert-OH is 2. The smallest absolute Gasteiger partial charge is 0.305 e. The number of carbonyl (C=O) groups excluding carboxylic acids is 2. The number of hydrogen-bond donors (Lipinski definition) is 3. The molecule has 1 amide bonds. The highest BCUT2D eigenvalue weighted by Crippen LogP contribution is 2.17. The van der Waals surface area contributed by atoms with Gasteiger partial charge in [-0.25, -0.2) is 0 Å². The van der Waals surface area contributed by atoms with Gasteiger partial charge in [0.25, 0.3) is 0 Å². The van der Waals surface area contributed by atoms with Crippen molar-refractivity contribution < 1.29 is 24.5 Å². The molecule has 360 valence electrons. The fourth-order valence-electron chi connectivity index (χ4n) is 8.27. The highest BCUT2D eigenvalue weighted by atomic mass is 16.5. The average molecular weight is 860 g/mol. The largest absolute Gasteiger partial charge is 0.466 e. The lowest BCUT2D eigenvalue weighted by Gasteiger charge is -2.20. The van der Waals surface area contributed by atoms with Gasteiger partial charge in [0, 0.05) is 12.8 Å². The Labute approximate surface area is 380 Å². The van der Waals surface area contributed by atoms with Crippen LogP contribution in [0.2, 0.25) is 0 Å². The van der Waals surface area contributed by atoms with Crippen LogP contribution in [0.4, 0.5) is 0 Å². The van der Waals surface area contributed by atoms with Crippen molar-refractivity contribution in [2.24, 2.45) is 0 Å². The van der Waals surface area contributed by atoms with Crippen molar-refractivity contribution in [3.63, 3.8) is 0 Å². The van der Waals surface area contributed by atoms with Gasteiger partial charge in [0.1, 0.15) is 0 Å². The first-order valence-corrected chi connectivity index (χ1v) is 27.1. The summed E-state index contributed by atoms with van der Waals surface area (Å²) in [5, 5.41) is 22.9. The summed E-state index contributed by atoms with van der Waals surface area (Å²) in [6.45, 7) is 4.85. The first-order chi connectivity index (χ1) is 30.0. The minimum absolute atomic E-state index is 0.00334. The summed E-state index contributed by atoms with van der Waals surface area (Å²) in [6, 6.07) is -0.624. The molecular formula is C55H105NO5. The predicted molar refractivity (Wildman–Crippen MR) is 264 cm³/mol. The minimum atomic E-state index is -0.841. The maximum absolute atomic E-state index is 12.4. The fraction of sp³-hybridized carbons (Fsp3) is 0.891. The molecule has 0 aliphatic rings. The summed E-state index contributed by atoms with van der Waals surface area (Å²) >= 11 is 0. The average Bonchev–Trinajstić information content (AvgIpc) is 3.26. The number of esters is 1. The molecule has 0 saturated carbocycles. The Morgan fingerprint density at radius 1 is 0.443 bits per heavy atom. The van der Waals surface area contributed by atoms with E-state index in [1.54, 1.807) is 6.08 Å². The zero-order chi connectivity index (χ0) is 44.4. The van der Waals surface area contributed by atoms with Crippen molar-refractivity contribution in [3.8, 4) is 0 Å². The second-order valence-electron chi connectivity index (χ2n) is 18.6. The Hall–Kier alpha value is -1.66. The van der Waals surface area contributed by atoms with E-state index in [2.05, 4.69) is 31.3 Å². The lowest BCUT2D eigenvalue weighted by atomic mass is 10.0. The zero-order valence-corrected chi connectivity index (χ0v) is 40.9. The molecule has 0 radical (unpaired) electrons. The van der Waals surface area contributed by atoms with Crippen LogP contribution in [-0.2, 0) is 14.3 Å². The third-order valence-electron chi connectivity index (χ3n) is 12.5. The third kappa shape index (κ3) is 47.7. The summed E-state index contributed by atoms with van der Waals surface area (Å²) in [5.41, 5.74) is 0. The highest BCUT2D eigenvalue weighted by Gasteiger charge is 2.18. The summed E-state index contributed by atoms with van der Waals surface area (Å²) < 4.78 is 5.46. The maximum atomic E-state index is 12.4. The van der Waals surface area contributed by atoms with E-state index in [0.717, 1.165) is 44.9 Å². The molecule has 61 heavy (non-hydrogen) atoms. The van der Waals surface area contributed by atoms with E-state index in [4.69, 9.17) is 4.74 Å². The molecule has 2 unspecified atom stereocenters. The molecule has 0 aliphatic heterocycles. The van der Waals surface area contributed by atoms with Crippen LogP contribution in [-0.4, -0.2) is 47.4 Å². The Kier molecular flexibility index (Phi) is 49.6. The zero-order valence-electron chi connectivity index (χ0n) is 40.9. The molecule has 0 saturated heterocycles. The molecule has 6 nitrogen and oxygen atoms in total. The summed E-state index contributed by atoms with van der Waals surface area (Å²) in [7, 11) is 0. The van der Waals surface area contributed by atoms with E-state index in [0.29, 0.717) is 19.4 Å². The molecule has 0 aromatic rings. The summed E-state index contributed by atoms with van der Waals surface area (Å²) in [6.07, 6.45) is 60.6. The Balaban J connectivity index is 3.36. The van der Waals surface area contributed by atoms with Crippen LogP contribution in [0, 0.1) is 0 Å². The number of nitrogens with one attached hydrogen (secondary N) is 1. The molecule has 2 atom stereocenters. The van der Waals surface area contributed by atoms with E-state index in [1.165, 1.54) is 218 Å². The number of rotatable bonds is 50. The maximum Gasteiger partial charge on any atom is 0.305 e. The lowest BCUT2D eigenvalue weighted by molar-refractivity contribution is -0.143. The number of ether oxygens (including phenoxy) is 1. The van der Waals surface area contributed by atoms with Crippen molar-refractivity contribution in [2.75, 3.05) is 13.2 Å². The van der Waals surface area contributed by atoms with Gasteiger partial charge in [0.15, 0.2) is 0 Å². The Morgan fingerprint density at radius 3 is 1.20 bits per heavy atom. The molecule has 3 N–H and O–H groups in total. The van der Waals surface area contributed by atoms with Crippen LogP contribution in [0.5, 0.6) is 0 Å². The van der Waals surface area contributed by atoms with Gasteiger partial charge in [-0.2, -0.15) is 0 Å². The summed E-state index contributed by atoms with van der Waals surface area (Å²) in [4.78, 5) is 24.4. The monoisotopic (exact) mass is 860 g/mol. The molecule has 0 spiro atoms. The number of carbonyl (C=O) groups is 2. The van der Waals surface area contributed by atoms with E-state index in [-0.39, 0.29) is 18.5 Å². The third-order valence-corrected chi connectivity index (χ3v) is 12.5. The SMILES string of the molecule is CCCCC/C=C\CCCCCCCC(=O)OCCCCCCCCCCCCCCCCCCCCCCCCCC(=O)NC(CO)C(O)/C=C/CCCCCCCCC. The van der Waals surface area contributed by atoms with Gasteiger partial charge < -0.3 is 20.3 Å². The van der Waals surface area contributed by atoms with Gasteiger partial charge in [0.2, 0.25) is 5.91 Å². The number of amides is 1. The Morgan fingerprint density at radius 2 is 0.770 bits per heavy atom. The van der Waals surface area contributed by atoms with Gasteiger partial charge in [-0.05, 0) is 57.8 Å². The van der Waals surface area contributed by atoms with Gasteiger partial charge >= 0.3 is 5.97 Å². The topological polar surface area (TPSA) is 95.9 Å². The molecule has 0 rings (SSSR count). The van der Waals surface area contributed by atoms with Gasteiger partial charge in [0.05, 0.1) is 25.4 Å². The standard InChI is InChI=1S/C55H105NO5/c1-3-5-7-9-11-13-14-29-33-37-41-45-49-55(60)61-50-46-42-38-34-30-27-25-23-21-19-17-15-16-18-20-22-24-26-28-32-36-40-44-48-54(59)56-52(51-57)53(58)47-43-39-35-31-12-10-8-6-4-2/h11,13,43,47,52-53,57-58H,3-10,12,14-42,44-46,48-51H2,1-2H3,(H,56,59)/b13-11-,47-43+. The predicted octanol–water partition coefficient (Wildman–Crippen LogP) is 16.3. The number of allylic oxidation sites excluding steroid dienone is 3. The molecule has 0 bridgehead atoms. The number of aliphatic hydroxyl groups is 2. The molecule has 6 heteroatoms. The van der Waals surface area contributed by atoms with Crippen LogP contribution in [0.25, 0.3) is 0 Å². The molecule has 0 heterocycles. The Bertz CT molecular complexity index is 951. The molecule has 0 aromatic carbocycles.